The van der Waals surface area contributed by atoms with Gasteiger partial charge in [-0.05, 0) is 0 Å². The van der Waals surface area contributed by atoms with E-state index in [9.17, 15) is 5.21 Å². The predicted octanol–water partition coefficient (Wildman–Crippen LogP) is -0.107. The lowest BCUT2D eigenvalue weighted by Gasteiger charge is -1.95. The lowest BCUT2D eigenvalue weighted by Crippen LogP contribution is -2.13. The van der Waals surface area contributed by atoms with Gasteiger partial charge in [-0.25, -0.2) is 0 Å². The highest BCUT2D eigenvalue weighted by Crippen LogP contribution is 1.89. The third-order valence-corrected chi connectivity index (χ3v) is 1.74. The first-order valence-electron chi connectivity index (χ1n) is 2.40. The van der Waals surface area contributed by atoms with Gasteiger partial charge in [0.1, 0.15) is 0 Å². The summed E-state index contributed by atoms with van der Waals surface area (Å²) in [5.41, 5.74) is 0.880. The van der Waals surface area contributed by atoms with Crippen LogP contribution in [0.3, 0.4) is 0 Å². The molecule has 0 aromatic heterocycles. The van der Waals surface area contributed by atoms with Crippen molar-refractivity contribution in [2.24, 2.45) is 0 Å². The summed E-state index contributed by atoms with van der Waals surface area (Å²) in [4.78, 5) is 0. The molecule has 0 bridgehead atoms. The molecule has 1 heterocycles. The van der Waals surface area contributed by atoms with E-state index < -0.39 is 0 Å². The predicted molar refractivity (Wildman–Crippen MR) is 35.3 cm³/mol. The van der Waals surface area contributed by atoms with Crippen LogP contribution in [0.15, 0.2) is 0 Å². The van der Waals surface area contributed by atoms with Crippen LogP contribution in [0.5, 0.6) is 0 Å². The second-order valence-electron chi connectivity index (χ2n) is 1.66. The van der Waals surface area contributed by atoms with Crippen molar-refractivity contribution in [2.45, 2.75) is 0 Å². The maximum absolute atomic E-state index is 10.6. The molecule has 0 spiro atoms. The molecular formula is C4H7BrN2O. The van der Waals surface area contributed by atoms with Crippen LogP contribution in [0.1, 0.15) is 0 Å². The van der Waals surface area contributed by atoms with Gasteiger partial charge in [0, 0.05) is 0 Å². The van der Waals surface area contributed by atoms with Crippen molar-refractivity contribution in [2.75, 3.05) is 18.5 Å². The number of nitrogens with zero attached hydrogens (tertiary/aromatic N) is 1. The van der Waals surface area contributed by atoms with Gasteiger partial charge in [-0.2, -0.15) is 4.74 Å². The first kappa shape index (κ1) is 6.04. The second-order valence-corrected chi connectivity index (χ2v) is 2.22. The molecule has 0 amide bonds. The normalized spacial score (nSPS) is 20.1. The van der Waals surface area contributed by atoms with Crippen LogP contribution >= 0.6 is 15.9 Å². The summed E-state index contributed by atoms with van der Waals surface area (Å²) in [6, 6.07) is 0. The van der Waals surface area contributed by atoms with Crippen molar-refractivity contribution < 1.29 is 4.74 Å². The zero-order valence-electron chi connectivity index (χ0n) is 4.35. The maximum atomic E-state index is 10.6. The molecule has 0 fully saturated rings. The van der Waals surface area contributed by atoms with E-state index in [1.54, 1.807) is 0 Å². The molecule has 1 aliphatic heterocycles. The van der Waals surface area contributed by atoms with Gasteiger partial charge in [-0.1, -0.05) is 15.9 Å². The van der Waals surface area contributed by atoms with Crippen molar-refractivity contribution in [3.05, 3.63) is 5.21 Å². The molecule has 0 aliphatic carbocycles. The van der Waals surface area contributed by atoms with Crippen LogP contribution in [0, 0.1) is 5.21 Å². The summed E-state index contributed by atoms with van der Waals surface area (Å²) in [6.45, 7) is 1.18. The SMILES string of the molecule is [O-][N+]1=C(CBr)CNC1. The Hall–Kier alpha value is -0.0900. The van der Waals surface area contributed by atoms with E-state index in [1.165, 1.54) is 0 Å². The smallest absolute Gasteiger partial charge is 0.207 e. The number of hydrogen-bond acceptors (Lipinski definition) is 2. The van der Waals surface area contributed by atoms with Gasteiger partial charge in [-0.15, -0.1) is 0 Å². The third-order valence-electron chi connectivity index (χ3n) is 1.09. The van der Waals surface area contributed by atoms with Gasteiger partial charge >= 0.3 is 0 Å². The molecule has 3 nitrogen and oxygen atoms in total. The van der Waals surface area contributed by atoms with E-state index in [2.05, 4.69) is 21.2 Å². The van der Waals surface area contributed by atoms with Gasteiger partial charge < -0.3 is 5.21 Å². The lowest BCUT2D eigenvalue weighted by molar-refractivity contribution is -0.452. The molecule has 0 atom stereocenters. The molecule has 0 saturated carbocycles. The van der Waals surface area contributed by atoms with Crippen LogP contribution in [-0.2, 0) is 0 Å². The van der Waals surface area contributed by atoms with E-state index in [1.807, 2.05) is 0 Å². The van der Waals surface area contributed by atoms with Gasteiger partial charge in [0.15, 0.2) is 5.71 Å². The second kappa shape index (κ2) is 2.46. The highest BCUT2D eigenvalue weighted by atomic mass is 79.9. The fourth-order valence-corrected chi connectivity index (χ4v) is 1.09. The van der Waals surface area contributed by atoms with E-state index in [-0.39, 0.29) is 0 Å². The summed E-state index contributed by atoms with van der Waals surface area (Å²) >= 11 is 3.20. The average molecular weight is 179 g/mol. The number of halogens is 1. The van der Waals surface area contributed by atoms with Gasteiger partial charge in [0.25, 0.3) is 0 Å². The van der Waals surface area contributed by atoms with E-state index in [4.69, 9.17) is 0 Å². The van der Waals surface area contributed by atoms with Crippen molar-refractivity contribution in [1.82, 2.24) is 5.32 Å². The van der Waals surface area contributed by atoms with E-state index in [0.29, 0.717) is 12.0 Å². The Bertz CT molecular complexity index is 123. The molecule has 1 rings (SSSR count). The third kappa shape index (κ3) is 1.00. The summed E-state index contributed by atoms with van der Waals surface area (Å²) in [7, 11) is 0. The number of hydroxylamine groups is 1. The molecular weight excluding hydrogens is 172 g/mol. The molecule has 0 radical (unpaired) electrons. The van der Waals surface area contributed by atoms with Gasteiger partial charge in [0.2, 0.25) is 6.67 Å². The zero-order valence-corrected chi connectivity index (χ0v) is 5.94. The molecule has 1 N–H and O–H groups in total. The lowest BCUT2D eigenvalue weighted by atomic mass is 10.4. The van der Waals surface area contributed by atoms with Crippen LogP contribution in [0.25, 0.3) is 0 Å². The minimum atomic E-state index is 0.445. The Morgan fingerprint density at radius 3 is 2.88 bits per heavy atom. The van der Waals surface area contributed by atoms with E-state index in [0.717, 1.165) is 17.0 Å². The molecule has 0 aromatic carbocycles. The van der Waals surface area contributed by atoms with Gasteiger partial charge in [-0.3, -0.25) is 5.32 Å². The summed E-state index contributed by atoms with van der Waals surface area (Å²) < 4.78 is 0.967. The Labute approximate surface area is 56.1 Å². The van der Waals surface area contributed by atoms with Crippen LogP contribution in [0.2, 0.25) is 0 Å². The summed E-state index contributed by atoms with van der Waals surface area (Å²) in [6.07, 6.45) is 0. The zero-order chi connectivity index (χ0) is 5.98. The fraction of sp³-hybridized carbons (Fsp3) is 0.750. The number of alkyl halides is 1. The molecule has 1 aliphatic rings. The molecule has 0 unspecified atom stereocenters. The molecule has 46 valence electrons. The van der Waals surface area contributed by atoms with Crippen LogP contribution in [0.4, 0.5) is 0 Å². The average Bonchev–Trinajstić information content (AvgIpc) is 2.14. The summed E-state index contributed by atoms with van der Waals surface area (Å²) in [5.74, 6) is 0. The van der Waals surface area contributed by atoms with E-state index >= 15 is 0 Å². The van der Waals surface area contributed by atoms with Crippen molar-refractivity contribution in [3.8, 4) is 0 Å². The van der Waals surface area contributed by atoms with Crippen molar-refractivity contribution >= 4 is 21.6 Å². The van der Waals surface area contributed by atoms with Crippen LogP contribution in [-0.4, -0.2) is 29.0 Å². The molecule has 8 heavy (non-hydrogen) atoms. The summed E-state index contributed by atoms with van der Waals surface area (Å²) in [5, 5.41) is 14.2. The topological polar surface area (TPSA) is 38.1 Å². The number of hydrogen-bond donors (Lipinski definition) is 1. The molecule has 4 heteroatoms. The number of rotatable bonds is 1. The first-order valence-corrected chi connectivity index (χ1v) is 3.53. The van der Waals surface area contributed by atoms with Crippen molar-refractivity contribution in [3.63, 3.8) is 0 Å². The van der Waals surface area contributed by atoms with Crippen molar-refractivity contribution in [1.29, 1.82) is 0 Å². The highest BCUT2D eigenvalue weighted by molar-refractivity contribution is 9.09. The Morgan fingerprint density at radius 2 is 2.62 bits per heavy atom. The Morgan fingerprint density at radius 1 is 1.88 bits per heavy atom. The minimum Gasteiger partial charge on any atom is -0.623 e. The maximum Gasteiger partial charge on any atom is 0.207 e. The highest BCUT2D eigenvalue weighted by Gasteiger charge is 2.13. The standard InChI is InChI=1S/C4H7BrN2O/c5-1-4-2-6-3-7(4)8/h6H,1-3H2. The first-order chi connectivity index (χ1) is 3.84. The Kier molecular flexibility index (Phi) is 1.85. The van der Waals surface area contributed by atoms with Crippen LogP contribution < -0.4 is 5.32 Å². The molecule has 0 aromatic rings. The largest absolute Gasteiger partial charge is 0.623 e. The quantitative estimate of drug-likeness (QED) is 0.346. The minimum absolute atomic E-state index is 0.445. The monoisotopic (exact) mass is 178 g/mol. The Balaban J connectivity index is 2.58. The number of nitrogens with one attached hydrogen (secondary N) is 1. The molecule has 0 saturated heterocycles. The fourth-order valence-electron chi connectivity index (χ4n) is 0.616. The van der Waals surface area contributed by atoms with Gasteiger partial charge in [0.05, 0.1) is 11.9 Å².